The smallest absolute Gasteiger partial charge is 0.234 e. The van der Waals surface area contributed by atoms with Gasteiger partial charge in [0.2, 0.25) is 17.8 Å². The number of carbonyl (C=O) groups is 1. The molecule has 7 nitrogen and oxygen atoms in total. The molecule has 0 unspecified atom stereocenters. The van der Waals surface area contributed by atoms with Gasteiger partial charge in [-0.1, -0.05) is 72.4 Å². The van der Waals surface area contributed by atoms with Gasteiger partial charge < -0.3 is 16.8 Å². The van der Waals surface area contributed by atoms with E-state index in [4.69, 9.17) is 11.5 Å². The normalized spacial score (nSPS) is 11.9. The molecule has 1 amide bonds. The number of nitrogens with one attached hydrogen (secondary N) is 1. The molecule has 0 saturated carbocycles. The van der Waals surface area contributed by atoms with E-state index in [2.05, 4.69) is 20.3 Å². The first-order valence-electron chi connectivity index (χ1n) is 8.37. The molecule has 3 aromatic rings. The Bertz CT molecular complexity index is 847. The van der Waals surface area contributed by atoms with Crippen molar-refractivity contribution in [3.63, 3.8) is 0 Å². The monoisotopic (exact) mass is 380 g/mol. The zero-order valence-electron chi connectivity index (χ0n) is 14.7. The molecule has 0 spiro atoms. The topological polar surface area (TPSA) is 120 Å². The summed E-state index contributed by atoms with van der Waals surface area (Å²) in [5, 5.41) is 2.98. The molecule has 0 radical (unpaired) electrons. The number of hydrogen-bond donors (Lipinski definition) is 3. The van der Waals surface area contributed by atoms with Crippen molar-refractivity contribution in [3.05, 3.63) is 71.8 Å². The Kier molecular flexibility index (Phi) is 5.87. The van der Waals surface area contributed by atoms with Crippen LogP contribution >= 0.6 is 11.8 Å². The standard InChI is InChI=1S/C19H20N6OS/c1-12(27-19-24-17(20)23-18(21)25-19)16(26)22-15(13-8-4-2-5-9-13)14-10-6-3-7-11-14/h2-12,15H,1H3,(H,22,26)(H4,20,21,23,24,25)/t12-/m1/s1. The highest BCUT2D eigenvalue weighted by molar-refractivity contribution is 8.00. The molecule has 5 N–H and O–H groups in total. The number of aromatic nitrogens is 3. The molecular weight excluding hydrogens is 360 g/mol. The second kappa shape index (κ2) is 8.50. The molecule has 2 aromatic carbocycles. The third-order valence-electron chi connectivity index (χ3n) is 3.85. The van der Waals surface area contributed by atoms with Crippen molar-refractivity contribution in [1.82, 2.24) is 20.3 Å². The first kappa shape index (κ1) is 18.7. The molecule has 0 saturated heterocycles. The van der Waals surface area contributed by atoms with Crippen molar-refractivity contribution in [3.8, 4) is 0 Å². The van der Waals surface area contributed by atoms with Gasteiger partial charge in [-0.25, -0.2) is 0 Å². The number of rotatable bonds is 6. The van der Waals surface area contributed by atoms with E-state index in [1.54, 1.807) is 6.92 Å². The van der Waals surface area contributed by atoms with Gasteiger partial charge in [0.25, 0.3) is 0 Å². The van der Waals surface area contributed by atoms with Gasteiger partial charge in [0.05, 0.1) is 11.3 Å². The Morgan fingerprint density at radius 2 is 1.37 bits per heavy atom. The van der Waals surface area contributed by atoms with Crippen LogP contribution in [0.2, 0.25) is 0 Å². The summed E-state index contributed by atoms with van der Waals surface area (Å²) in [6.07, 6.45) is 0. The van der Waals surface area contributed by atoms with Gasteiger partial charge in [-0.15, -0.1) is 0 Å². The summed E-state index contributed by atoms with van der Waals surface area (Å²) in [4.78, 5) is 24.6. The lowest BCUT2D eigenvalue weighted by Crippen LogP contribution is -2.35. The van der Waals surface area contributed by atoms with Crippen LogP contribution in [-0.2, 0) is 4.79 Å². The molecule has 1 atom stereocenters. The third kappa shape index (κ3) is 4.95. The number of anilines is 2. The third-order valence-corrected chi connectivity index (χ3v) is 4.81. The highest BCUT2D eigenvalue weighted by atomic mass is 32.2. The number of nitrogens with two attached hydrogens (primary N) is 2. The fourth-order valence-electron chi connectivity index (χ4n) is 2.56. The molecule has 0 fully saturated rings. The predicted octanol–water partition coefficient (Wildman–Crippen LogP) is 2.42. The maximum Gasteiger partial charge on any atom is 0.234 e. The van der Waals surface area contributed by atoms with Crippen molar-refractivity contribution in [2.75, 3.05) is 11.5 Å². The van der Waals surface area contributed by atoms with Crippen LogP contribution in [-0.4, -0.2) is 26.1 Å². The van der Waals surface area contributed by atoms with Gasteiger partial charge in [-0.3, -0.25) is 4.79 Å². The summed E-state index contributed by atoms with van der Waals surface area (Å²) in [5.41, 5.74) is 13.2. The van der Waals surface area contributed by atoms with Gasteiger partial charge in [-0.05, 0) is 18.1 Å². The van der Waals surface area contributed by atoms with Gasteiger partial charge in [-0.2, -0.15) is 15.0 Å². The van der Waals surface area contributed by atoms with E-state index >= 15 is 0 Å². The van der Waals surface area contributed by atoms with Crippen molar-refractivity contribution in [2.45, 2.75) is 23.4 Å². The van der Waals surface area contributed by atoms with Gasteiger partial charge in [0, 0.05) is 0 Å². The van der Waals surface area contributed by atoms with Gasteiger partial charge in [0.1, 0.15) is 0 Å². The SMILES string of the molecule is C[C@@H](Sc1nc(N)nc(N)n1)C(=O)NC(c1ccccc1)c1ccccc1. The Morgan fingerprint density at radius 3 is 1.85 bits per heavy atom. The lowest BCUT2D eigenvalue weighted by molar-refractivity contribution is -0.120. The minimum Gasteiger partial charge on any atom is -0.368 e. The Labute approximate surface area is 161 Å². The van der Waals surface area contributed by atoms with Crippen LogP contribution in [0.15, 0.2) is 65.8 Å². The quantitative estimate of drug-likeness (QED) is 0.562. The zero-order valence-corrected chi connectivity index (χ0v) is 15.6. The van der Waals surface area contributed by atoms with E-state index in [1.807, 2.05) is 60.7 Å². The number of hydrogen-bond acceptors (Lipinski definition) is 7. The van der Waals surface area contributed by atoms with E-state index in [0.29, 0.717) is 5.16 Å². The molecular formula is C19H20N6OS. The number of nitrogen functional groups attached to an aromatic ring is 2. The molecule has 0 aliphatic carbocycles. The second-order valence-electron chi connectivity index (χ2n) is 5.86. The molecule has 8 heteroatoms. The molecule has 27 heavy (non-hydrogen) atoms. The van der Waals surface area contributed by atoms with Crippen molar-refractivity contribution < 1.29 is 4.79 Å². The maximum atomic E-state index is 12.8. The number of carbonyl (C=O) groups excluding carboxylic acids is 1. The number of thioether (sulfide) groups is 1. The summed E-state index contributed by atoms with van der Waals surface area (Å²) in [5.74, 6) is -0.0802. The molecule has 138 valence electrons. The van der Waals surface area contributed by atoms with E-state index < -0.39 is 5.25 Å². The summed E-state index contributed by atoms with van der Waals surface area (Å²) >= 11 is 1.18. The highest BCUT2D eigenvalue weighted by Gasteiger charge is 2.22. The molecule has 1 heterocycles. The molecule has 0 aliphatic rings. The Balaban J connectivity index is 1.78. The molecule has 0 aliphatic heterocycles. The van der Waals surface area contributed by atoms with Crippen molar-refractivity contribution in [1.29, 1.82) is 0 Å². The fraction of sp³-hybridized carbons (Fsp3) is 0.158. The second-order valence-corrected chi connectivity index (χ2v) is 7.17. The molecule has 3 rings (SSSR count). The molecule has 0 bridgehead atoms. The van der Waals surface area contributed by atoms with Gasteiger partial charge in [0.15, 0.2) is 5.16 Å². The number of benzene rings is 2. The minimum atomic E-state index is -0.443. The Hall–Kier alpha value is -3.13. The lowest BCUT2D eigenvalue weighted by Gasteiger charge is -2.21. The van der Waals surface area contributed by atoms with Crippen LogP contribution in [0.5, 0.6) is 0 Å². The molecule has 1 aromatic heterocycles. The Morgan fingerprint density at radius 1 is 0.889 bits per heavy atom. The first-order valence-corrected chi connectivity index (χ1v) is 9.25. The summed E-state index contributed by atoms with van der Waals surface area (Å²) < 4.78 is 0. The van der Waals surface area contributed by atoms with Crippen LogP contribution < -0.4 is 16.8 Å². The van der Waals surface area contributed by atoms with E-state index in [1.165, 1.54) is 11.8 Å². The minimum absolute atomic E-state index is 0.0315. The van der Waals surface area contributed by atoms with Crippen LogP contribution in [0.3, 0.4) is 0 Å². The van der Waals surface area contributed by atoms with Crippen molar-refractivity contribution >= 4 is 29.6 Å². The van der Waals surface area contributed by atoms with Crippen LogP contribution in [0.1, 0.15) is 24.1 Å². The van der Waals surface area contributed by atoms with Gasteiger partial charge >= 0.3 is 0 Å². The van der Waals surface area contributed by atoms with Crippen molar-refractivity contribution in [2.24, 2.45) is 0 Å². The highest BCUT2D eigenvalue weighted by Crippen LogP contribution is 2.25. The largest absolute Gasteiger partial charge is 0.368 e. The summed E-state index contributed by atoms with van der Waals surface area (Å²) in [7, 11) is 0. The summed E-state index contributed by atoms with van der Waals surface area (Å²) in [6, 6.07) is 19.4. The zero-order chi connectivity index (χ0) is 19.2. The maximum absolute atomic E-state index is 12.8. The number of nitrogens with zero attached hydrogens (tertiary/aromatic N) is 3. The van der Waals surface area contributed by atoms with E-state index in [0.717, 1.165) is 11.1 Å². The predicted molar refractivity (Wildman–Crippen MR) is 107 cm³/mol. The van der Waals surface area contributed by atoms with E-state index in [-0.39, 0.29) is 23.8 Å². The fourth-order valence-corrected chi connectivity index (χ4v) is 3.35. The average molecular weight is 380 g/mol. The van der Waals surface area contributed by atoms with Crippen LogP contribution in [0.25, 0.3) is 0 Å². The van der Waals surface area contributed by atoms with E-state index in [9.17, 15) is 4.79 Å². The lowest BCUT2D eigenvalue weighted by atomic mass is 9.98. The first-order chi connectivity index (χ1) is 13.0. The van der Waals surface area contributed by atoms with Crippen LogP contribution in [0.4, 0.5) is 11.9 Å². The average Bonchev–Trinajstić information content (AvgIpc) is 2.66. The van der Waals surface area contributed by atoms with Crippen LogP contribution in [0, 0.1) is 0 Å². The number of amides is 1. The summed E-state index contributed by atoms with van der Waals surface area (Å²) in [6.45, 7) is 1.78.